The van der Waals surface area contributed by atoms with Crippen molar-refractivity contribution in [2.45, 2.75) is 32.2 Å². The van der Waals surface area contributed by atoms with Gasteiger partial charge in [-0.25, -0.2) is 9.18 Å². The Kier molecular flexibility index (Phi) is 5.19. The average molecular weight is 415 g/mol. The quantitative estimate of drug-likeness (QED) is 0.776. The molecule has 1 saturated carbocycles. The van der Waals surface area contributed by atoms with E-state index in [4.69, 9.17) is 0 Å². The smallest absolute Gasteiger partial charge is 0.341 e. The van der Waals surface area contributed by atoms with Crippen molar-refractivity contribution in [2.24, 2.45) is 5.92 Å². The first-order chi connectivity index (χ1) is 14.3. The fraction of sp³-hybridized carbons (Fsp3) is 0.381. The number of aromatic hydroxyl groups is 1. The van der Waals surface area contributed by atoms with E-state index in [0.717, 1.165) is 31.9 Å². The normalized spacial score (nSPS) is 16.8. The second-order valence-electron chi connectivity index (χ2n) is 7.83. The summed E-state index contributed by atoms with van der Waals surface area (Å²) in [6.45, 7) is 0.872. The summed E-state index contributed by atoms with van der Waals surface area (Å²) < 4.78 is 14.5. The molecule has 30 heavy (non-hydrogen) atoms. The van der Waals surface area contributed by atoms with Gasteiger partial charge in [-0.3, -0.25) is 19.3 Å². The van der Waals surface area contributed by atoms with E-state index in [0.29, 0.717) is 18.0 Å². The zero-order valence-electron chi connectivity index (χ0n) is 16.3. The van der Waals surface area contributed by atoms with E-state index < -0.39 is 28.6 Å². The van der Waals surface area contributed by atoms with Gasteiger partial charge < -0.3 is 15.1 Å². The van der Waals surface area contributed by atoms with Gasteiger partial charge in [0.1, 0.15) is 18.0 Å². The summed E-state index contributed by atoms with van der Waals surface area (Å²) in [5.74, 6) is -2.95. The van der Waals surface area contributed by atoms with E-state index in [1.54, 1.807) is 17.1 Å². The Balaban J connectivity index is 1.75. The molecule has 2 aliphatic rings. The van der Waals surface area contributed by atoms with Crippen LogP contribution in [-0.2, 0) is 6.54 Å². The molecule has 0 bridgehead atoms. The summed E-state index contributed by atoms with van der Waals surface area (Å²) in [5.41, 5.74) is -1.24. The number of rotatable bonds is 5. The van der Waals surface area contributed by atoms with Crippen LogP contribution in [0.1, 0.15) is 52.1 Å². The van der Waals surface area contributed by atoms with E-state index in [-0.39, 0.29) is 24.7 Å². The van der Waals surface area contributed by atoms with Crippen molar-refractivity contribution in [2.75, 3.05) is 18.2 Å². The largest absolute Gasteiger partial charge is 0.502 e. The van der Waals surface area contributed by atoms with Crippen LogP contribution in [0.4, 0.5) is 4.39 Å². The predicted molar refractivity (Wildman–Crippen MR) is 106 cm³/mol. The monoisotopic (exact) mass is 415 g/mol. The lowest BCUT2D eigenvalue weighted by atomic mass is 10.1. The Morgan fingerprint density at radius 1 is 1.13 bits per heavy atom. The number of carboxylic acids is 1. The van der Waals surface area contributed by atoms with Crippen LogP contribution >= 0.6 is 0 Å². The Morgan fingerprint density at radius 2 is 1.80 bits per heavy atom. The summed E-state index contributed by atoms with van der Waals surface area (Å²) in [4.78, 5) is 38.3. The molecule has 1 aromatic heterocycles. The van der Waals surface area contributed by atoms with Crippen molar-refractivity contribution in [3.05, 3.63) is 63.3 Å². The molecule has 0 saturated heterocycles. The van der Waals surface area contributed by atoms with Crippen LogP contribution in [0.5, 0.6) is 5.75 Å². The molecule has 8 nitrogen and oxygen atoms in total. The van der Waals surface area contributed by atoms with E-state index in [1.165, 1.54) is 21.7 Å². The maximum absolute atomic E-state index is 13.2. The number of carbonyl (C=O) groups is 2. The van der Waals surface area contributed by atoms with Crippen molar-refractivity contribution >= 4 is 11.9 Å². The minimum atomic E-state index is -1.47. The molecule has 1 amide bonds. The van der Waals surface area contributed by atoms with Crippen LogP contribution in [0, 0.1) is 11.7 Å². The van der Waals surface area contributed by atoms with Gasteiger partial charge in [-0.2, -0.15) is 0 Å². The molecular weight excluding hydrogens is 393 g/mol. The SMILES string of the molecule is O=C(O)c1cn2c(c(O)c1=O)C(=O)N(Cc1ccc(F)cc1)CN2CC1CCCC1. The van der Waals surface area contributed by atoms with Gasteiger partial charge in [-0.15, -0.1) is 0 Å². The molecule has 4 rings (SSSR count). The number of aromatic carboxylic acids is 1. The van der Waals surface area contributed by atoms with Gasteiger partial charge in [-0.05, 0) is 36.5 Å². The van der Waals surface area contributed by atoms with Gasteiger partial charge in [-0.1, -0.05) is 25.0 Å². The van der Waals surface area contributed by atoms with Gasteiger partial charge >= 0.3 is 5.97 Å². The van der Waals surface area contributed by atoms with Crippen LogP contribution in [0.3, 0.4) is 0 Å². The number of pyridine rings is 1. The first-order valence-corrected chi connectivity index (χ1v) is 9.86. The van der Waals surface area contributed by atoms with Crippen LogP contribution < -0.4 is 10.4 Å². The van der Waals surface area contributed by atoms with Gasteiger partial charge in [0.2, 0.25) is 5.43 Å². The molecule has 158 valence electrons. The highest BCUT2D eigenvalue weighted by molar-refractivity contribution is 5.97. The maximum atomic E-state index is 13.2. The number of fused-ring (bicyclic) bond motifs is 1. The fourth-order valence-electron chi connectivity index (χ4n) is 4.21. The number of halogens is 1. The number of amides is 1. The Labute approximate surface area is 171 Å². The Hall–Kier alpha value is -3.36. The van der Waals surface area contributed by atoms with Crippen LogP contribution in [0.25, 0.3) is 0 Å². The summed E-state index contributed by atoms with van der Waals surface area (Å²) >= 11 is 0. The lowest BCUT2D eigenvalue weighted by Crippen LogP contribution is -2.55. The van der Waals surface area contributed by atoms with Crippen molar-refractivity contribution in [3.8, 4) is 5.75 Å². The number of hydrogen-bond donors (Lipinski definition) is 2. The fourth-order valence-corrected chi connectivity index (χ4v) is 4.21. The first-order valence-electron chi connectivity index (χ1n) is 9.86. The molecule has 2 aromatic rings. The van der Waals surface area contributed by atoms with Gasteiger partial charge in [0.15, 0.2) is 11.4 Å². The Bertz CT molecular complexity index is 1040. The van der Waals surface area contributed by atoms with Gasteiger partial charge in [0, 0.05) is 19.3 Å². The topological polar surface area (TPSA) is 103 Å². The number of carboxylic acid groups (broad SMARTS) is 1. The molecule has 1 aliphatic heterocycles. The van der Waals surface area contributed by atoms with Crippen LogP contribution in [0.15, 0.2) is 35.3 Å². The highest BCUT2D eigenvalue weighted by atomic mass is 19.1. The molecule has 2 heterocycles. The van der Waals surface area contributed by atoms with Crippen LogP contribution in [-0.4, -0.2) is 44.9 Å². The highest BCUT2D eigenvalue weighted by Gasteiger charge is 2.35. The number of nitrogens with zero attached hydrogens (tertiary/aromatic N) is 3. The van der Waals surface area contributed by atoms with E-state index in [9.17, 15) is 29.0 Å². The highest BCUT2D eigenvalue weighted by Crippen LogP contribution is 2.28. The molecule has 1 fully saturated rings. The third-order valence-electron chi connectivity index (χ3n) is 5.75. The van der Waals surface area contributed by atoms with E-state index in [2.05, 4.69) is 0 Å². The van der Waals surface area contributed by atoms with Gasteiger partial charge in [0.05, 0.1) is 0 Å². The van der Waals surface area contributed by atoms with Crippen molar-refractivity contribution in [1.82, 2.24) is 9.58 Å². The second-order valence-corrected chi connectivity index (χ2v) is 7.83. The minimum absolute atomic E-state index is 0.154. The molecule has 1 aliphatic carbocycles. The predicted octanol–water partition coefficient (Wildman–Crippen LogP) is 2.13. The standard InChI is InChI=1S/C21H22FN3O5/c22-15-7-5-14(6-8-15)9-23-12-24(10-13-3-1-2-4-13)25-11-16(21(29)30)18(26)19(27)17(25)20(23)28/h5-8,11,13,27H,1-4,9-10,12H2,(H,29,30). The zero-order valence-corrected chi connectivity index (χ0v) is 16.3. The Morgan fingerprint density at radius 3 is 2.43 bits per heavy atom. The number of aromatic nitrogens is 1. The van der Waals surface area contributed by atoms with Crippen molar-refractivity contribution in [3.63, 3.8) is 0 Å². The number of hydrogen-bond acceptors (Lipinski definition) is 5. The van der Waals surface area contributed by atoms with E-state index >= 15 is 0 Å². The number of benzene rings is 1. The molecule has 0 atom stereocenters. The molecule has 1 aromatic carbocycles. The maximum Gasteiger partial charge on any atom is 0.341 e. The van der Waals surface area contributed by atoms with Crippen LogP contribution in [0.2, 0.25) is 0 Å². The van der Waals surface area contributed by atoms with Crippen molar-refractivity contribution < 1.29 is 24.2 Å². The molecule has 0 spiro atoms. The van der Waals surface area contributed by atoms with Gasteiger partial charge in [0.25, 0.3) is 5.91 Å². The first kappa shape index (κ1) is 19.9. The molecule has 0 radical (unpaired) electrons. The minimum Gasteiger partial charge on any atom is -0.502 e. The molecule has 2 N–H and O–H groups in total. The third-order valence-corrected chi connectivity index (χ3v) is 5.75. The zero-order chi connectivity index (χ0) is 21.4. The summed E-state index contributed by atoms with van der Waals surface area (Å²) in [6, 6.07) is 5.74. The van der Waals surface area contributed by atoms with E-state index in [1.807, 2.05) is 0 Å². The summed E-state index contributed by atoms with van der Waals surface area (Å²) in [6.07, 6.45) is 5.38. The molecular formula is C21H22FN3O5. The third kappa shape index (κ3) is 3.62. The average Bonchev–Trinajstić information content (AvgIpc) is 3.22. The summed E-state index contributed by atoms with van der Waals surface area (Å²) in [7, 11) is 0. The van der Waals surface area contributed by atoms with Crippen molar-refractivity contribution in [1.29, 1.82) is 0 Å². The summed E-state index contributed by atoms with van der Waals surface area (Å²) in [5, 5.41) is 21.5. The number of carbonyl (C=O) groups excluding carboxylic acids is 1. The molecule has 0 unspecified atom stereocenters. The lowest BCUT2D eigenvalue weighted by molar-refractivity contribution is 0.0653. The molecule has 9 heteroatoms. The second kappa shape index (κ2) is 7.81. The lowest BCUT2D eigenvalue weighted by Gasteiger charge is -2.41.